The summed E-state index contributed by atoms with van der Waals surface area (Å²) < 4.78 is 1.94. The lowest BCUT2D eigenvalue weighted by molar-refractivity contribution is 0.0963. The monoisotopic (exact) mass is 365 g/mol. The molecule has 0 radical (unpaired) electrons. The Morgan fingerprint density at radius 3 is 2.85 bits per heavy atom. The number of hydrogen-bond acceptors (Lipinski definition) is 5. The van der Waals surface area contributed by atoms with Gasteiger partial charge in [0.2, 0.25) is 0 Å². The average molecular weight is 365 g/mol. The van der Waals surface area contributed by atoms with Crippen LogP contribution in [-0.2, 0) is 0 Å². The normalized spacial score (nSPS) is 19.8. The number of rotatable bonds is 4. The minimum atomic E-state index is -0.193. The Hall–Kier alpha value is -2.93. The van der Waals surface area contributed by atoms with Gasteiger partial charge in [-0.25, -0.2) is 9.97 Å². The number of carbonyl (C=O) groups excluding carboxylic acids is 1. The predicted octanol–water partition coefficient (Wildman–Crippen LogP) is 2.47. The first-order valence-electron chi connectivity index (χ1n) is 9.25. The van der Waals surface area contributed by atoms with Crippen LogP contribution in [0.2, 0.25) is 0 Å². The summed E-state index contributed by atoms with van der Waals surface area (Å²) in [4.78, 5) is 21.2. The van der Waals surface area contributed by atoms with Crippen molar-refractivity contribution in [1.29, 1.82) is 0 Å². The zero-order chi connectivity index (χ0) is 18.8. The minimum absolute atomic E-state index is 0.125. The molecule has 7 heteroatoms. The van der Waals surface area contributed by atoms with Crippen LogP contribution in [0.3, 0.4) is 0 Å². The lowest BCUT2D eigenvalue weighted by Crippen LogP contribution is -2.28. The number of aliphatic hydroxyl groups is 1. The number of fused-ring (bicyclic) bond motifs is 1. The largest absolute Gasteiger partial charge is 0.393 e. The van der Waals surface area contributed by atoms with Crippen LogP contribution in [0.5, 0.6) is 0 Å². The molecule has 0 aliphatic heterocycles. The van der Waals surface area contributed by atoms with Gasteiger partial charge in [-0.15, -0.1) is 0 Å². The standard InChI is InChI=1S/C20H23N5O2/c1-21-20(27)14-4-2-3-13(11-14)17-12-25-10-9-22-19(25)18(24-17)23-15-5-7-16(26)8-6-15/h2-4,9-12,15-16,26H,5-8H2,1H3,(H,21,27)(H,23,24). The molecule has 3 aromatic rings. The number of imidazole rings is 1. The van der Waals surface area contributed by atoms with Gasteiger partial charge < -0.3 is 20.1 Å². The quantitative estimate of drug-likeness (QED) is 0.661. The topological polar surface area (TPSA) is 91.6 Å². The van der Waals surface area contributed by atoms with E-state index in [-0.39, 0.29) is 18.1 Å². The third-order valence-electron chi connectivity index (χ3n) is 5.06. The van der Waals surface area contributed by atoms with Gasteiger partial charge >= 0.3 is 0 Å². The maximum Gasteiger partial charge on any atom is 0.251 e. The van der Waals surface area contributed by atoms with Gasteiger partial charge in [0.25, 0.3) is 5.91 Å². The highest BCUT2D eigenvalue weighted by molar-refractivity contribution is 5.95. The summed E-state index contributed by atoms with van der Waals surface area (Å²) >= 11 is 0. The zero-order valence-corrected chi connectivity index (χ0v) is 15.2. The zero-order valence-electron chi connectivity index (χ0n) is 15.2. The van der Waals surface area contributed by atoms with E-state index in [1.807, 2.05) is 35.0 Å². The summed E-state index contributed by atoms with van der Waals surface area (Å²) in [7, 11) is 1.62. The first-order valence-corrected chi connectivity index (χ1v) is 9.25. The van der Waals surface area contributed by atoms with Crippen molar-refractivity contribution in [2.24, 2.45) is 0 Å². The van der Waals surface area contributed by atoms with E-state index in [2.05, 4.69) is 15.6 Å². The molecule has 0 atom stereocenters. The van der Waals surface area contributed by atoms with Crippen molar-refractivity contribution in [3.05, 3.63) is 48.4 Å². The smallest absolute Gasteiger partial charge is 0.251 e. The van der Waals surface area contributed by atoms with E-state index in [0.717, 1.165) is 48.4 Å². The molecule has 0 unspecified atom stereocenters. The number of aliphatic hydroxyl groups excluding tert-OH is 1. The predicted molar refractivity (Wildman–Crippen MR) is 104 cm³/mol. The molecule has 3 N–H and O–H groups in total. The molecular formula is C20H23N5O2. The second-order valence-corrected chi connectivity index (χ2v) is 6.94. The van der Waals surface area contributed by atoms with Gasteiger partial charge in [-0.05, 0) is 37.8 Å². The first kappa shape index (κ1) is 17.5. The summed E-state index contributed by atoms with van der Waals surface area (Å²) in [5.74, 6) is 0.601. The molecule has 1 fully saturated rings. The van der Waals surface area contributed by atoms with Crippen LogP contribution >= 0.6 is 0 Å². The van der Waals surface area contributed by atoms with E-state index in [4.69, 9.17) is 4.98 Å². The highest BCUT2D eigenvalue weighted by Gasteiger charge is 2.21. The maximum absolute atomic E-state index is 11.9. The summed E-state index contributed by atoms with van der Waals surface area (Å²) in [5, 5.41) is 15.9. The lowest BCUT2D eigenvalue weighted by Gasteiger charge is -2.26. The minimum Gasteiger partial charge on any atom is -0.393 e. The SMILES string of the molecule is CNC(=O)c1cccc(-c2cn3ccnc3c(NC3CCC(O)CC3)n2)c1. The molecule has 7 nitrogen and oxygen atoms in total. The molecule has 140 valence electrons. The third kappa shape index (κ3) is 3.64. The third-order valence-corrected chi connectivity index (χ3v) is 5.06. The van der Waals surface area contributed by atoms with Crippen LogP contribution in [-0.4, -0.2) is 44.6 Å². The Balaban J connectivity index is 1.69. The fourth-order valence-corrected chi connectivity index (χ4v) is 3.55. The van der Waals surface area contributed by atoms with Crippen LogP contribution in [0.1, 0.15) is 36.0 Å². The molecule has 1 saturated carbocycles. The second-order valence-electron chi connectivity index (χ2n) is 6.94. The fraction of sp³-hybridized carbons (Fsp3) is 0.350. The van der Waals surface area contributed by atoms with Crippen molar-refractivity contribution in [2.45, 2.75) is 37.8 Å². The highest BCUT2D eigenvalue weighted by atomic mass is 16.3. The number of nitrogens with zero attached hydrogens (tertiary/aromatic N) is 3. The Kier molecular flexibility index (Phi) is 4.77. The molecular weight excluding hydrogens is 342 g/mol. The molecule has 1 aliphatic carbocycles. The maximum atomic E-state index is 11.9. The van der Waals surface area contributed by atoms with Crippen molar-refractivity contribution < 1.29 is 9.90 Å². The van der Waals surface area contributed by atoms with Gasteiger partial charge in [-0.2, -0.15) is 0 Å². The second kappa shape index (κ2) is 7.36. The summed E-state index contributed by atoms with van der Waals surface area (Å²) in [6.07, 6.45) is 8.78. The van der Waals surface area contributed by atoms with Gasteiger partial charge in [0.15, 0.2) is 11.5 Å². The van der Waals surface area contributed by atoms with Gasteiger partial charge in [0.1, 0.15) is 0 Å². The van der Waals surface area contributed by atoms with Gasteiger partial charge in [0, 0.05) is 42.8 Å². The fourth-order valence-electron chi connectivity index (χ4n) is 3.55. The molecule has 1 aliphatic rings. The van der Waals surface area contributed by atoms with E-state index < -0.39 is 0 Å². The molecule has 1 aromatic carbocycles. The van der Waals surface area contributed by atoms with Gasteiger partial charge in [0.05, 0.1) is 11.8 Å². The molecule has 1 amide bonds. The van der Waals surface area contributed by atoms with Crippen molar-refractivity contribution in [1.82, 2.24) is 19.7 Å². The first-order chi connectivity index (χ1) is 13.1. The Morgan fingerprint density at radius 2 is 2.07 bits per heavy atom. The number of carbonyl (C=O) groups is 1. The summed E-state index contributed by atoms with van der Waals surface area (Å²) in [6.45, 7) is 0. The molecule has 0 spiro atoms. The lowest BCUT2D eigenvalue weighted by atomic mass is 9.93. The molecule has 2 aromatic heterocycles. The van der Waals surface area contributed by atoms with Crippen molar-refractivity contribution in [3.63, 3.8) is 0 Å². The van der Waals surface area contributed by atoms with Crippen LogP contribution in [0.4, 0.5) is 5.82 Å². The van der Waals surface area contributed by atoms with E-state index >= 15 is 0 Å². The van der Waals surface area contributed by atoms with Crippen molar-refractivity contribution in [2.75, 3.05) is 12.4 Å². The van der Waals surface area contributed by atoms with Crippen LogP contribution < -0.4 is 10.6 Å². The molecule has 27 heavy (non-hydrogen) atoms. The van der Waals surface area contributed by atoms with Crippen molar-refractivity contribution >= 4 is 17.4 Å². The van der Waals surface area contributed by atoms with Crippen LogP contribution in [0, 0.1) is 0 Å². The van der Waals surface area contributed by atoms with Crippen molar-refractivity contribution in [3.8, 4) is 11.3 Å². The summed E-state index contributed by atoms with van der Waals surface area (Å²) in [6, 6.07) is 7.69. The van der Waals surface area contributed by atoms with Crippen LogP contribution in [0.15, 0.2) is 42.9 Å². The number of benzene rings is 1. The van der Waals surface area contributed by atoms with Gasteiger partial charge in [-0.3, -0.25) is 4.79 Å². The average Bonchev–Trinajstić information content (AvgIpc) is 3.18. The van der Waals surface area contributed by atoms with E-state index in [1.54, 1.807) is 19.3 Å². The molecule has 0 saturated heterocycles. The molecule has 4 rings (SSSR count). The van der Waals surface area contributed by atoms with E-state index in [0.29, 0.717) is 5.56 Å². The Bertz CT molecular complexity index is 960. The number of anilines is 1. The number of amides is 1. The molecule has 0 bridgehead atoms. The summed E-state index contributed by atoms with van der Waals surface area (Å²) in [5.41, 5.74) is 3.00. The van der Waals surface area contributed by atoms with Gasteiger partial charge in [-0.1, -0.05) is 12.1 Å². The molecule has 2 heterocycles. The Labute approximate surface area is 157 Å². The van der Waals surface area contributed by atoms with Crippen LogP contribution in [0.25, 0.3) is 16.9 Å². The number of aromatic nitrogens is 3. The van der Waals surface area contributed by atoms with E-state index in [1.165, 1.54) is 0 Å². The Morgan fingerprint density at radius 1 is 1.26 bits per heavy atom. The van der Waals surface area contributed by atoms with E-state index in [9.17, 15) is 9.90 Å². The number of hydrogen-bond donors (Lipinski definition) is 3. The highest BCUT2D eigenvalue weighted by Crippen LogP contribution is 2.26. The number of nitrogens with one attached hydrogen (secondary N) is 2.